The smallest absolute Gasteiger partial charge is 0.256 e. The number of hydrogen-bond acceptors (Lipinski definition) is 3. The van der Waals surface area contributed by atoms with Crippen LogP contribution in [0.4, 0.5) is 0 Å². The second kappa shape index (κ2) is 5.02. The van der Waals surface area contributed by atoms with Gasteiger partial charge in [-0.3, -0.25) is 14.4 Å². The van der Waals surface area contributed by atoms with E-state index >= 15 is 0 Å². The molecule has 1 aromatic heterocycles. The number of nitrogens with one attached hydrogen (secondary N) is 1. The molecule has 1 unspecified atom stereocenters. The van der Waals surface area contributed by atoms with E-state index in [1.54, 1.807) is 16.8 Å². The molecule has 1 atom stereocenters. The molecule has 0 saturated carbocycles. The minimum Gasteiger partial charge on any atom is -0.344 e. The van der Waals surface area contributed by atoms with Crippen LogP contribution in [0.25, 0.3) is 0 Å². The van der Waals surface area contributed by atoms with Gasteiger partial charge in [-0.2, -0.15) is 0 Å². The molecule has 2 aliphatic rings. The highest BCUT2D eigenvalue weighted by Crippen LogP contribution is 2.38. The Morgan fingerprint density at radius 3 is 2.57 bits per heavy atom. The number of likely N-dealkylation sites (N-methyl/N-ethyl adjacent to an activating group) is 1. The Labute approximate surface area is 122 Å². The molecule has 0 bridgehead atoms. The van der Waals surface area contributed by atoms with Crippen molar-refractivity contribution in [2.75, 3.05) is 20.1 Å². The standard InChI is InChI=1S/C15H19N3O3/c1-17-8-2-6-15(14(17)21)7-3-9-18(15)13(20)11-4-5-12(19)16-10-11/h4-5,10H,2-3,6-9H2,1H3,(H,16,19). The average molecular weight is 289 g/mol. The lowest BCUT2D eigenvalue weighted by Crippen LogP contribution is -2.60. The molecule has 21 heavy (non-hydrogen) atoms. The average Bonchev–Trinajstić information content (AvgIpc) is 2.89. The van der Waals surface area contributed by atoms with E-state index in [0.717, 1.165) is 32.2 Å². The van der Waals surface area contributed by atoms with Crippen molar-refractivity contribution < 1.29 is 9.59 Å². The van der Waals surface area contributed by atoms with Gasteiger partial charge >= 0.3 is 0 Å². The summed E-state index contributed by atoms with van der Waals surface area (Å²) in [6.07, 6.45) is 4.64. The van der Waals surface area contributed by atoms with Crippen LogP contribution in [0.3, 0.4) is 0 Å². The molecular formula is C15H19N3O3. The van der Waals surface area contributed by atoms with Gasteiger partial charge in [0, 0.05) is 32.4 Å². The third-order valence-corrected chi connectivity index (χ3v) is 4.59. The Hall–Kier alpha value is -2.11. The van der Waals surface area contributed by atoms with Crippen LogP contribution in [0.1, 0.15) is 36.0 Å². The normalized spacial score (nSPS) is 25.7. The number of piperidine rings is 1. The van der Waals surface area contributed by atoms with Crippen LogP contribution < -0.4 is 5.56 Å². The van der Waals surface area contributed by atoms with Gasteiger partial charge in [-0.15, -0.1) is 0 Å². The van der Waals surface area contributed by atoms with Crippen molar-refractivity contribution in [3.63, 3.8) is 0 Å². The molecule has 2 saturated heterocycles. The van der Waals surface area contributed by atoms with Crippen molar-refractivity contribution in [2.45, 2.75) is 31.2 Å². The van der Waals surface area contributed by atoms with E-state index in [1.807, 2.05) is 0 Å². The van der Waals surface area contributed by atoms with E-state index in [1.165, 1.54) is 18.3 Å². The zero-order valence-electron chi connectivity index (χ0n) is 12.1. The largest absolute Gasteiger partial charge is 0.344 e. The van der Waals surface area contributed by atoms with Gasteiger partial charge < -0.3 is 14.8 Å². The molecule has 1 spiro atoms. The van der Waals surface area contributed by atoms with Crippen molar-refractivity contribution in [2.24, 2.45) is 0 Å². The molecule has 0 aliphatic carbocycles. The molecular weight excluding hydrogens is 270 g/mol. The summed E-state index contributed by atoms with van der Waals surface area (Å²) in [5.41, 5.74) is -0.492. The van der Waals surface area contributed by atoms with E-state index in [-0.39, 0.29) is 17.4 Å². The molecule has 6 nitrogen and oxygen atoms in total. The molecule has 0 aromatic carbocycles. The Kier molecular flexibility index (Phi) is 3.31. The van der Waals surface area contributed by atoms with Crippen LogP contribution in [0, 0.1) is 0 Å². The maximum Gasteiger partial charge on any atom is 0.256 e. The predicted molar refractivity (Wildman–Crippen MR) is 76.9 cm³/mol. The van der Waals surface area contributed by atoms with E-state index in [0.29, 0.717) is 12.1 Å². The lowest BCUT2D eigenvalue weighted by atomic mass is 9.85. The van der Waals surface area contributed by atoms with Gasteiger partial charge in [0.2, 0.25) is 11.5 Å². The quantitative estimate of drug-likeness (QED) is 0.823. The molecule has 2 amide bonds. The number of aromatic nitrogens is 1. The highest BCUT2D eigenvalue weighted by atomic mass is 16.2. The highest BCUT2D eigenvalue weighted by molar-refractivity contribution is 5.99. The number of rotatable bonds is 1. The summed E-state index contributed by atoms with van der Waals surface area (Å²) in [5.74, 6) is -0.128. The molecule has 6 heteroatoms. The van der Waals surface area contributed by atoms with Crippen LogP contribution in [-0.2, 0) is 4.79 Å². The number of carbonyl (C=O) groups is 2. The van der Waals surface area contributed by atoms with Crippen LogP contribution >= 0.6 is 0 Å². The maximum absolute atomic E-state index is 12.7. The Bertz CT molecular complexity index is 619. The molecule has 1 N–H and O–H groups in total. The number of aromatic amines is 1. The summed E-state index contributed by atoms with van der Waals surface area (Å²) < 4.78 is 0. The lowest BCUT2D eigenvalue weighted by Gasteiger charge is -2.43. The molecule has 0 radical (unpaired) electrons. The second-order valence-electron chi connectivity index (χ2n) is 5.86. The first-order valence-corrected chi connectivity index (χ1v) is 7.31. The first kappa shape index (κ1) is 13.9. The van der Waals surface area contributed by atoms with Gasteiger partial charge in [0.1, 0.15) is 5.54 Å². The molecule has 1 aromatic rings. The molecule has 112 valence electrons. The first-order valence-electron chi connectivity index (χ1n) is 7.31. The zero-order valence-corrected chi connectivity index (χ0v) is 12.1. The van der Waals surface area contributed by atoms with Gasteiger partial charge in [-0.25, -0.2) is 0 Å². The number of likely N-dealkylation sites (tertiary alicyclic amines) is 2. The van der Waals surface area contributed by atoms with Crippen molar-refractivity contribution in [1.29, 1.82) is 0 Å². The first-order chi connectivity index (χ1) is 10.0. The number of amides is 2. The van der Waals surface area contributed by atoms with E-state index in [9.17, 15) is 14.4 Å². The lowest BCUT2D eigenvalue weighted by molar-refractivity contribution is -0.144. The second-order valence-corrected chi connectivity index (χ2v) is 5.86. The van der Waals surface area contributed by atoms with Gasteiger partial charge in [0.25, 0.3) is 5.91 Å². The van der Waals surface area contributed by atoms with Crippen LogP contribution in [-0.4, -0.2) is 52.3 Å². The van der Waals surface area contributed by atoms with Crippen molar-refractivity contribution in [1.82, 2.24) is 14.8 Å². The number of nitrogens with zero attached hydrogens (tertiary/aromatic N) is 2. The molecule has 3 rings (SSSR count). The number of pyridine rings is 1. The summed E-state index contributed by atoms with van der Waals surface area (Å²) in [4.78, 5) is 42.4. The fraction of sp³-hybridized carbons (Fsp3) is 0.533. The third-order valence-electron chi connectivity index (χ3n) is 4.59. The summed E-state index contributed by atoms with van der Waals surface area (Å²) in [6.45, 7) is 1.35. The number of H-pyrrole nitrogens is 1. The summed E-state index contributed by atoms with van der Waals surface area (Å²) in [5, 5.41) is 0. The molecule has 2 aliphatic heterocycles. The van der Waals surface area contributed by atoms with Gasteiger partial charge in [0.15, 0.2) is 0 Å². The van der Waals surface area contributed by atoms with Crippen molar-refractivity contribution in [3.8, 4) is 0 Å². The summed E-state index contributed by atoms with van der Waals surface area (Å²) >= 11 is 0. The third kappa shape index (κ3) is 2.14. The van der Waals surface area contributed by atoms with E-state index in [2.05, 4.69) is 4.98 Å². The number of hydrogen-bond donors (Lipinski definition) is 1. The molecule has 2 fully saturated rings. The van der Waals surface area contributed by atoms with Gasteiger partial charge in [-0.1, -0.05) is 0 Å². The van der Waals surface area contributed by atoms with Crippen molar-refractivity contribution >= 4 is 11.8 Å². The highest BCUT2D eigenvalue weighted by Gasteiger charge is 2.52. The Morgan fingerprint density at radius 1 is 1.19 bits per heavy atom. The number of carbonyl (C=O) groups excluding carboxylic acids is 2. The minimum atomic E-state index is -0.680. The Balaban J connectivity index is 1.93. The van der Waals surface area contributed by atoms with Gasteiger partial charge in [0.05, 0.1) is 5.56 Å². The van der Waals surface area contributed by atoms with E-state index < -0.39 is 5.54 Å². The zero-order chi connectivity index (χ0) is 15.0. The Morgan fingerprint density at radius 2 is 1.90 bits per heavy atom. The topological polar surface area (TPSA) is 73.5 Å². The summed E-state index contributed by atoms with van der Waals surface area (Å²) in [7, 11) is 1.80. The van der Waals surface area contributed by atoms with Gasteiger partial charge in [-0.05, 0) is 31.7 Å². The van der Waals surface area contributed by atoms with Crippen LogP contribution in [0.5, 0.6) is 0 Å². The fourth-order valence-electron chi connectivity index (χ4n) is 3.53. The van der Waals surface area contributed by atoms with Crippen LogP contribution in [0.15, 0.2) is 23.1 Å². The summed E-state index contributed by atoms with van der Waals surface area (Å²) in [6, 6.07) is 2.86. The maximum atomic E-state index is 12.7. The predicted octanol–water partition coefficient (Wildman–Crippen LogP) is 0.602. The fourth-order valence-corrected chi connectivity index (χ4v) is 3.53. The minimum absolute atomic E-state index is 0.0454. The molecule has 3 heterocycles. The SMILES string of the molecule is CN1CCCC2(CCCN2C(=O)c2ccc(=O)[nH]c2)C1=O. The monoisotopic (exact) mass is 289 g/mol. The van der Waals surface area contributed by atoms with Crippen LogP contribution in [0.2, 0.25) is 0 Å². The van der Waals surface area contributed by atoms with Crippen molar-refractivity contribution in [3.05, 3.63) is 34.2 Å². The van der Waals surface area contributed by atoms with E-state index in [4.69, 9.17) is 0 Å².